The molecule has 1 unspecified atom stereocenters. The van der Waals surface area contributed by atoms with Crippen molar-refractivity contribution in [2.24, 2.45) is 5.92 Å². The van der Waals surface area contributed by atoms with E-state index in [1.165, 1.54) is 6.07 Å². The summed E-state index contributed by atoms with van der Waals surface area (Å²) in [5.41, 5.74) is 2.53. The number of carbonyl (C=O) groups excluding carboxylic acids is 2. The van der Waals surface area contributed by atoms with E-state index in [1.807, 2.05) is 32.6 Å². The molecule has 0 bridgehead atoms. The van der Waals surface area contributed by atoms with E-state index in [2.05, 4.69) is 16.0 Å². The van der Waals surface area contributed by atoms with E-state index in [9.17, 15) is 18.4 Å². The second kappa shape index (κ2) is 11.3. The molecule has 2 amide bonds. The normalized spacial score (nSPS) is 15.7. The molecule has 35 heavy (non-hydrogen) atoms. The number of amides is 2. The minimum absolute atomic E-state index is 0.114. The lowest BCUT2D eigenvalue weighted by atomic mass is 9.95. The van der Waals surface area contributed by atoms with Crippen molar-refractivity contribution in [2.75, 3.05) is 23.8 Å². The summed E-state index contributed by atoms with van der Waals surface area (Å²) >= 11 is 5.50. The van der Waals surface area contributed by atoms with Crippen LogP contribution < -0.4 is 16.0 Å². The fourth-order valence-corrected chi connectivity index (χ4v) is 4.01. The van der Waals surface area contributed by atoms with Gasteiger partial charge in [-0.05, 0) is 61.8 Å². The van der Waals surface area contributed by atoms with Crippen LogP contribution in [0, 0.1) is 17.6 Å². The van der Waals surface area contributed by atoms with Crippen LogP contribution in [0.15, 0.2) is 53.7 Å². The third-order valence-corrected chi connectivity index (χ3v) is 5.70. The summed E-state index contributed by atoms with van der Waals surface area (Å²) in [6.07, 6.45) is 0. The topological polar surface area (TPSA) is 82.7 Å². The van der Waals surface area contributed by atoms with Crippen molar-refractivity contribution in [3.63, 3.8) is 0 Å². The first kappa shape index (κ1) is 26.1. The highest BCUT2D eigenvalue weighted by molar-refractivity contribution is 7.80. The fraction of sp³-hybridized carbons (Fsp3) is 0.320. The number of hydrogen-bond acceptors (Lipinski definition) is 4. The van der Waals surface area contributed by atoms with Crippen LogP contribution in [0.2, 0.25) is 0 Å². The average molecular weight is 503 g/mol. The fourth-order valence-electron chi connectivity index (χ4n) is 3.62. The van der Waals surface area contributed by atoms with Gasteiger partial charge < -0.3 is 25.6 Å². The summed E-state index contributed by atoms with van der Waals surface area (Å²) in [6, 6.07) is 8.81. The van der Waals surface area contributed by atoms with Gasteiger partial charge in [0.25, 0.3) is 0 Å². The second-order valence-electron chi connectivity index (χ2n) is 8.45. The molecule has 2 aromatic carbocycles. The number of carbonyl (C=O) groups is 2. The Morgan fingerprint density at radius 2 is 1.71 bits per heavy atom. The van der Waals surface area contributed by atoms with Gasteiger partial charge in [-0.15, -0.1) is 0 Å². The van der Waals surface area contributed by atoms with E-state index in [-0.39, 0.29) is 11.6 Å². The van der Waals surface area contributed by atoms with Crippen molar-refractivity contribution in [3.8, 4) is 0 Å². The maximum Gasteiger partial charge on any atom is 0.338 e. The molecule has 0 spiro atoms. The largest absolute Gasteiger partial charge is 0.462 e. The summed E-state index contributed by atoms with van der Waals surface area (Å²) in [5.74, 6) is -2.28. The summed E-state index contributed by atoms with van der Waals surface area (Å²) in [5, 5.41) is 8.80. The molecule has 3 N–H and O–H groups in total. The van der Waals surface area contributed by atoms with Gasteiger partial charge in [0, 0.05) is 29.7 Å². The molecule has 0 saturated carbocycles. The number of urea groups is 1. The highest BCUT2D eigenvalue weighted by Crippen LogP contribution is 2.32. The molecule has 3 rings (SSSR count). The number of benzene rings is 2. The number of ether oxygens (including phenoxy) is 1. The van der Waals surface area contributed by atoms with Crippen molar-refractivity contribution < 1.29 is 23.1 Å². The molecule has 0 radical (unpaired) electrons. The van der Waals surface area contributed by atoms with E-state index >= 15 is 0 Å². The molecule has 1 aliphatic heterocycles. The molecule has 2 aromatic rings. The molecule has 10 heteroatoms. The number of thiocarbonyl (C=S) groups is 1. The van der Waals surface area contributed by atoms with Crippen LogP contribution in [0.5, 0.6) is 0 Å². The van der Waals surface area contributed by atoms with Gasteiger partial charge in [0.2, 0.25) is 0 Å². The minimum atomic E-state index is -1.06. The van der Waals surface area contributed by atoms with Crippen molar-refractivity contribution in [2.45, 2.75) is 33.7 Å². The maximum atomic E-state index is 13.4. The van der Waals surface area contributed by atoms with E-state index in [1.54, 1.807) is 24.3 Å². The SMILES string of the molecule is CCN1C(=S)NC(c2ccc(NC(=O)Nc3ccc(F)c(F)c3)cc2)C(C(=O)OCC(C)C)=C1C. The molecular weight excluding hydrogens is 474 g/mol. The maximum absolute atomic E-state index is 13.4. The van der Waals surface area contributed by atoms with Crippen LogP contribution >= 0.6 is 12.2 Å². The van der Waals surface area contributed by atoms with Crippen LogP contribution in [0.1, 0.15) is 39.3 Å². The third-order valence-electron chi connectivity index (χ3n) is 5.36. The molecule has 1 heterocycles. The molecule has 1 aliphatic rings. The van der Waals surface area contributed by atoms with Crippen LogP contribution in [-0.2, 0) is 9.53 Å². The molecule has 186 valence electrons. The van der Waals surface area contributed by atoms with Crippen molar-refractivity contribution in [3.05, 3.63) is 70.9 Å². The van der Waals surface area contributed by atoms with Gasteiger partial charge >= 0.3 is 12.0 Å². The Morgan fingerprint density at radius 3 is 2.31 bits per heavy atom. The Kier molecular flexibility index (Phi) is 8.39. The van der Waals surface area contributed by atoms with Gasteiger partial charge in [0.05, 0.1) is 18.2 Å². The van der Waals surface area contributed by atoms with Crippen LogP contribution in [0.25, 0.3) is 0 Å². The Hall–Kier alpha value is -3.53. The molecule has 7 nitrogen and oxygen atoms in total. The molecule has 0 aromatic heterocycles. The van der Waals surface area contributed by atoms with Crippen LogP contribution in [0.3, 0.4) is 0 Å². The Morgan fingerprint density at radius 1 is 1.09 bits per heavy atom. The first-order valence-electron chi connectivity index (χ1n) is 11.2. The van der Waals surface area contributed by atoms with Gasteiger partial charge in [-0.2, -0.15) is 0 Å². The highest BCUT2D eigenvalue weighted by atomic mass is 32.1. The van der Waals surface area contributed by atoms with Crippen molar-refractivity contribution in [1.82, 2.24) is 10.2 Å². The standard InChI is InChI=1S/C25H28F2N4O3S/c1-5-31-15(4)21(23(32)34-13-14(2)3)22(30-25(31)35)16-6-8-17(9-7-16)28-24(33)29-18-10-11-19(26)20(27)12-18/h6-12,14,22H,5,13H2,1-4H3,(H,30,35)(H2,28,29,33). The van der Waals surface area contributed by atoms with Gasteiger partial charge in [-0.25, -0.2) is 18.4 Å². The molecular formula is C25H28F2N4O3S. The van der Waals surface area contributed by atoms with Gasteiger partial charge in [0.15, 0.2) is 16.7 Å². The summed E-state index contributed by atoms with van der Waals surface area (Å²) in [6.45, 7) is 8.62. The molecule has 0 saturated heterocycles. The zero-order valence-corrected chi connectivity index (χ0v) is 20.8. The zero-order chi connectivity index (χ0) is 25.7. The summed E-state index contributed by atoms with van der Waals surface area (Å²) in [4.78, 5) is 27.1. The highest BCUT2D eigenvalue weighted by Gasteiger charge is 2.34. The quantitative estimate of drug-likeness (QED) is 0.351. The smallest absolute Gasteiger partial charge is 0.338 e. The number of allylic oxidation sites excluding steroid dienone is 1. The van der Waals surface area contributed by atoms with Crippen molar-refractivity contribution >= 4 is 40.7 Å². The Bertz CT molecular complexity index is 1150. The number of nitrogens with one attached hydrogen (secondary N) is 3. The second-order valence-corrected chi connectivity index (χ2v) is 8.83. The lowest BCUT2D eigenvalue weighted by Gasteiger charge is -2.37. The number of rotatable bonds is 7. The van der Waals surface area contributed by atoms with E-state index < -0.39 is 29.7 Å². The van der Waals surface area contributed by atoms with E-state index in [4.69, 9.17) is 17.0 Å². The van der Waals surface area contributed by atoms with Gasteiger partial charge in [-0.3, -0.25) is 0 Å². The number of esters is 1. The summed E-state index contributed by atoms with van der Waals surface area (Å²) < 4.78 is 31.9. The van der Waals surface area contributed by atoms with Gasteiger partial charge in [0.1, 0.15) is 0 Å². The zero-order valence-electron chi connectivity index (χ0n) is 19.9. The van der Waals surface area contributed by atoms with E-state index in [0.29, 0.717) is 29.5 Å². The number of hydrogen-bond donors (Lipinski definition) is 3. The van der Waals surface area contributed by atoms with Crippen molar-refractivity contribution in [1.29, 1.82) is 0 Å². The third kappa shape index (κ3) is 6.33. The molecule has 1 atom stereocenters. The lowest BCUT2D eigenvalue weighted by Crippen LogP contribution is -2.47. The Balaban J connectivity index is 1.78. The predicted octanol–water partition coefficient (Wildman–Crippen LogP) is 5.33. The summed E-state index contributed by atoms with van der Waals surface area (Å²) in [7, 11) is 0. The molecule has 0 aliphatic carbocycles. The number of halogens is 2. The van der Waals surface area contributed by atoms with Crippen LogP contribution in [-0.4, -0.2) is 35.2 Å². The lowest BCUT2D eigenvalue weighted by molar-refractivity contribution is -0.140. The number of nitrogens with zero attached hydrogens (tertiary/aromatic N) is 1. The first-order valence-corrected chi connectivity index (χ1v) is 11.6. The minimum Gasteiger partial charge on any atom is -0.462 e. The van der Waals surface area contributed by atoms with Crippen LogP contribution in [0.4, 0.5) is 25.0 Å². The van der Waals surface area contributed by atoms with Gasteiger partial charge in [-0.1, -0.05) is 26.0 Å². The van der Waals surface area contributed by atoms with E-state index in [0.717, 1.165) is 23.4 Å². The first-order chi connectivity index (χ1) is 16.6. The Labute approximate surface area is 208 Å². The average Bonchev–Trinajstić information content (AvgIpc) is 2.80. The number of anilines is 2. The molecule has 0 fully saturated rings. The monoisotopic (exact) mass is 502 g/mol. The predicted molar refractivity (Wildman–Crippen MR) is 135 cm³/mol.